The Balaban J connectivity index is 2.02. The summed E-state index contributed by atoms with van der Waals surface area (Å²) in [5.41, 5.74) is 3.76. The minimum absolute atomic E-state index is 0.0850. The number of nitrogens with one attached hydrogen (secondary N) is 2. The Kier molecular flexibility index (Phi) is 4.86. The molecule has 21 heavy (non-hydrogen) atoms. The van der Waals surface area contributed by atoms with E-state index in [-0.39, 0.29) is 11.9 Å². The molecule has 1 atom stereocenters. The molecule has 0 fully saturated rings. The molecule has 1 amide bonds. The second-order valence-electron chi connectivity index (χ2n) is 5.13. The number of aryl methyl sites for hydroxylation is 1. The molecule has 0 bridgehead atoms. The molecule has 2 aromatic rings. The van der Waals surface area contributed by atoms with E-state index in [4.69, 9.17) is 11.6 Å². The van der Waals surface area contributed by atoms with Crippen molar-refractivity contribution in [1.82, 2.24) is 0 Å². The molecule has 0 radical (unpaired) electrons. The minimum atomic E-state index is -0.358. The summed E-state index contributed by atoms with van der Waals surface area (Å²) in [6.07, 6.45) is 0. The lowest BCUT2D eigenvalue weighted by atomic mass is 10.1. The predicted octanol–water partition coefficient (Wildman–Crippen LogP) is 4.40. The van der Waals surface area contributed by atoms with Crippen LogP contribution in [0.15, 0.2) is 42.5 Å². The van der Waals surface area contributed by atoms with Gasteiger partial charge < -0.3 is 10.6 Å². The Morgan fingerprint density at radius 1 is 1.10 bits per heavy atom. The first-order valence-corrected chi connectivity index (χ1v) is 7.24. The number of hydrogen-bond acceptors (Lipinski definition) is 2. The van der Waals surface area contributed by atoms with Crippen LogP contribution in [0.1, 0.15) is 18.1 Å². The third-order valence-electron chi connectivity index (χ3n) is 3.35. The molecule has 2 aromatic carbocycles. The van der Waals surface area contributed by atoms with E-state index in [2.05, 4.69) is 10.6 Å². The smallest absolute Gasteiger partial charge is 0.246 e. The van der Waals surface area contributed by atoms with Crippen molar-refractivity contribution in [3.8, 4) is 0 Å². The molecule has 0 aliphatic rings. The van der Waals surface area contributed by atoms with E-state index in [0.29, 0.717) is 5.02 Å². The van der Waals surface area contributed by atoms with Gasteiger partial charge in [0.15, 0.2) is 0 Å². The molecule has 0 heterocycles. The molecule has 0 aliphatic heterocycles. The Labute approximate surface area is 130 Å². The number of halogens is 1. The van der Waals surface area contributed by atoms with Crippen molar-refractivity contribution in [3.63, 3.8) is 0 Å². The minimum Gasteiger partial charge on any atom is -0.374 e. The number of carbonyl (C=O) groups is 1. The highest BCUT2D eigenvalue weighted by atomic mass is 35.5. The Bertz CT molecular complexity index is 638. The molecule has 0 saturated carbocycles. The maximum atomic E-state index is 12.2. The van der Waals surface area contributed by atoms with Gasteiger partial charge in [-0.05, 0) is 50.6 Å². The van der Waals surface area contributed by atoms with Gasteiger partial charge in [-0.1, -0.05) is 35.4 Å². The van der Waals surface area contributed by atoms with E-state index in [1.54, 1.807) is 0 Å². The molecule has 2 N–H and O–H groups in total. The van der Waals surface area contributed by atoms with Gasteiger partial charge in [0.05, 0.1) is 0 Å². The summed E-state index contributed by atoms with van der Waals surface area (Å²) in [5.74, 6) is -0.0850. The number of benzene rings is 2. The fourth-order valence-corrected chi connectivity index (χ4v) is 2.12. The Hall–Kier alpha value is -2.00. The van der Waals surface area contributed by atoms with E-state index in [1.807, 2.05) is 63.2 Å². The van der Waals surface area contributed by atoms with E-state index in [1.165, 1.54) is 0 Å². The van der Waals surface area contributed by atoms with Crippen molar-refractivity contribution in [1.29, 1.82) is 0 Å². The molecular weight excluding hydrogens is 284 g/mol. The Morgan fingerprint density at radius 2 is 1.76 bits per heavy atom. The van der Waals surface area contributed by atoms with Crippen LogP contribution in [0.5, 0.6) is 0 Å². The molecule has 0 aromatic heterocycles. The van der Waals surface area contributed by atoms with Crippen LogP contribution in [-0.2, 0) is 4.79 Å². The van der Waals surface area contributed by atoms with Crippen LogP contribution in [-0.4, -0.2) is 11.9 Å². The molecule has 2 rings (SSSR count). The van der Waals surface area contributed by atoms with E-state index < -0.39 is 0 Å². The zero-order valence-corrected chi connectivity index (χ0v) is 13.2. The van der Waals surface area contributed by atoms with Crippen LogP contribution in [0.4, 0.5) is 11.4 Å². The number of rotatable bonds is 4. The van der Waals surface area contributed by atoms with Gasteiger partial charge in [-0.2, -0.15) is 0 Å². The summed E-state index contributed by atoms with van der Waals surface area (Å²) in [6, 6.07) is 13.0. The third-order valence-corrected chi connectivity index (χ3v) is 3.76. The summed E-state index contributed by atoms with van der Waals surface area (Å²) in [5, 5.41) is 6.76. The first-order valence-electron chi connectivity index (χ1n) is 6.86. The molecule has 0 spiro atoms. The lowest BCUT2D eigenvalue weighted by molar-refractivity contribution is -0.116. The average Bonchev–Trinajstić information content (AvgIpc) is 2.46. The summed E-state index contributed by atoms with van der Waals surface area (Å²) >= 11 is 6.08. The number of anilines is 2. The maximum absolute atomic E-state index is 12.2. The van der Waals surface area contributed by atoms with Gasteiger partial charge >= 0.3 is 0 Å². The first-order chi connectivity index (χ1) is 9.97. The van der Waals surface area contributed by atoms with Gasteiger partial charge in [-0.15, -0.1) is 0 Å². The second-order valence-corrected chi connectivity index (χ2v) is 5.54. The van der Waals surface area contributed by atoms with Gasteiger partial charge in [-0.25, -0.2) is 0 Å². The van der Waals surface area contributed by atoms with Gasteiger partial charge in [0.1, 0.15) is 6.04 Å². The largest absolute Gasteiger partial charge is 0.374 e. The lowest BCUT2D eigenvalue weighted by Gasteiger charge is -2.17. The molecular formula is C17H19ClN2O. The normalized spacial score (nSPS) is 11.8. The fraction of sp³-hybridized carbons (Fsp3) is 0.235. The van der Waals surface area contributed by atoms with Crippen LogP contribution >= 0.6 is 11.6 Å². The monoisotopic (exact) mass is 302 g/mol. The topological polar surface area (TPSA) is 41.1 Å². The van der Waals surface area contributed by atoms with Crippen LogP contribution in [0.2, 0.25) is 5.02 Å². The standard InChI is InChI=1S/C17H19ClN2O/c1-11-7-9-14(10-8-11)20-17(21)13(3)19-16-6-4-5-15(18)12(16)2/h4-10,13,19H,1-3H3,(H,20,21)/t13-/m0/s1. The Morgan fingerprint density at radius 3 is 2.43 bits per heavy atom. The highest BCUT2D eigenvalue weighted by Gasteiger charge is 2.14. The highest BCUT2D eigenvalue weighted by molar-refractivity contribution is 6.31. The molecule has 4 heteroatoms. The molecule has 0 saturated heterocycles. The number of hydrogen-bond donors (Lipinski definition) is 2. The average molecular weight is 303 g/mol. The van der Waals surface area contributed by atoms with Crippen LogP contribution in [0.25, 0.3) is 0 Å². The van der Waals surface area contributed by atoms with Crippen LogP contribution in [0.3, 0.4) is 0 Å². The first kappa shape index (κ1) is 15.4. The zero-order chi connectivity index (χ0) is 15.4. The molecule has 0 aliphatic carbocycles. The molecule has 3 nitrogen and oxygen atoms in total. The van der Waals surface area contributed by atoms with Gasteiger partial charge in [-0.3, -0.25) is 4.79 Å². The lowest BCUT2D eigenvalue weighted by Crippen LogP contribution is -2.32. The SMILES string of the molecule is Cc1ccc(NC(=O)[C@H](C)Nc2cccc(Cl)c2C)cc1. The van der Waals surface area contributed by atoms with Crippen molar-refractivity contribution in [2.75, 3.05) is 10.6 Å². The molecule has 0 unspecified atom stereocenters. The van der Waals surface area contributed by atoms with E-state index in [9.17, 15) is 4.79 Å². The maximum Gasteiger partial charge on any atom is 0.246 e. The van der Waals surface area contributed by atoms with Crippen molar-refractivity contribution in [2.45, 2.75) is 26.8 Å². The highest BCUT2D eigenvalue weighted by Crippen LogP contribution is 2.23. The van der Waals surface area contributed by atoms with Gasteiger partial charge in [0.25, 0.3) is 0 Å². The molecule has 110 valence electrons. The van der Waals surface area contributed by atoms with Crippen LogP contribution in [0, 0.1) is 13.8 Å². The van der Waals surface area contributed by atoms with E-state index in [0.717, 1.165) is 22.5 Å². The summed E-state index contributed by atoms with van der Waals surface area (Å²) in [4.78, 5) is 12.2. The van der Waals surface area contributed by atoms with Gasteiger partial charge in [0.2, 0.25) is 5.91 Å². The third kappa shape index (κ3) is 3.99. The summed E-state index contributed by atoms with van der Waals surface area (Å²) in [7, 11) is 0. The van der Waals surface area contributed by atoms with Crippen molar-refractivity contribution >= 4 is 28.9 Å². The van der Waals surface area contributed by atoms with E-state index >= 15 is 0 Å². The van der Waals surface area contributed by atoms with Crippen molar-refractivity contribution < 1.29 is 4.79 Å². The number of amides is 1. The number of carbonyl (C=O) groups excluding carboxylic acids is 1. The fourth-order valence-electron chi connectivity index (χ4n) is 1.95. The van der Waals surface area contributed by atoms with Crippen LogP contribution < -0.4 is 10.6 Å². The van der Waals surface area contributed by atoms with Gasteiger partial charge in [0, 0.05) is 16.4 Å². The predicted molar refractivity (Wildman–Crippen MR) is 89.1 cm³/mol. The summed E-state index contributed by atoms with van der Waals surface area (Å²) < 4.78 is 0. The van der Waals surface area contributed by atoms with Crippen molar-refractivity contribution in [3.05, 3.63) is 58.6 Å². The zero-order valence-electron chi connectivity index (χ0n) is 12.4. The summed E-state index contributed by atoms with van der Waals surface area (Å²) in [6.45, 7) is 5.76. The van der Waals surface area contributed by atoms with Crippen molar-refractivity contribution in [2.24, 2.45) is 0 Å². The second kappa shape index (κ2) is 6.64. The quantitative estimate of drug-likeness (QED) is 0.879.